The van der Waals surface area contributed by atoms with Gasteiger partial charge in [0.1, 0.15) is 12.2 Å². The van der Waals surface area contributed by atoms with Gasteiger partial charge >= 0.3 is 0 Å². The van der Waals surface area contributed by atoms with Crippen LogP contribution < -0.4 is 5.73 Å². The summed E-state index contributed by atoms with van der Waals surface area (Å²) in [4.78, 5) is 4.35. The molecule has 0 aliphatic heterocycles. The molecule has 1 atom stereocenters. The van der Waals surface area contributed by atoms with Gasteiger partial charge in [-0.15, -0.1) is 0 Å². The first-order valence-corrected chi connectivity index (χ1v) is 7.39. The minimum Gasteiger partial charge on any atom is -0.377 e. The first-order chi connectivity index (χ1) is 9.22. The number of hydrogen-bond acceptors (Lipinski definition) is 4. The van der Waals surface area contributed by atoms with E-state index in [1.165, 1.54) is 19.3 Å². The Bertz CT molecular complexity index is 385. The topological polar surface area (TPSA) is 66.0 Å². The second-order valence-electron chi connectivity index (χ2n) is 5.54. The molecule has 1 aromatic rings. The Morgan fingerprint density at radius 1 is 1.42 bits per heavy atom. The fourth-order valence-electron chi connectivity index (χ4n) is 3.10. The highest BCUT2D eigenvalue weighted by molar-refractivity contribution is 5.00. The van der Waals surface area contributed by atoms with E-state index >= 15 is 0 Å². The van der Waals surface area contributed by atoms with Crippen molar-refractivity contribution in [3.63, 3.8) is 0 Å². The number of methoxy groups -OCH3 is 1. The van der Waals surface area contributed by atoms with Gasteiger partial charge in [0.05, 0.1) is 5.60 Å². The zero-order valence-electron chi connectivity index (χ0n) is 12.1. The van der Waals surface area contributed by atoms with Crippen LogP contribution in [0.4, 0.5) is 0 Å². The summed E-state index contributed by atoms with van der Waals surface area (Å²) in [5.41, 5.74) is 6.28. The van der Waals surface area contributed by atoms with Crippen LogP contribution in [0.15, 0.2) is 6.33 Å². The molecule has 1 heterocycles. The third-order valence-corrected chi connectivity index (χ3v) is 4.32. The van der Waals surface area contributed by atoms with Crippen LogP contribution in [0.5, 0.6) is 0 Å². The summed E-state index contributed by atoms with van der Waals surface area (Å²) in [5, 5.41) is 4.26. The summed E-state index contributed by atoms with van der Waals surface area (Å²) in [6, 6.07) is -0.00222. The highest BCUT2D eigenvalue weighted by atomic mass is 16.5. The minimum absolute atomic E-state index is 0.00222. The van der Waals surface area contributed by atoms with Gasteiger partial charge in [0.15, 0.2) is 0 Å². The average Bonchev–Trinajstić information content (AvgIpc) is 2.87. The molecule has 1 aromatic heterocycles. The largest absolute Gasteiger partial charge is 0.377 e. The van der Waals surface area contributed by atoms with Crippen molar-refractivity contribution in [2.45, 2.75) is 70.1 Å². The molecule has 1 aliphatic rings. The summed E-state index contributed by atoms with van der Waals surface area (Å²) >= 11 is 0. The Hall–Kier alpha value is -0.940. The number of ether oxygens (including phenoxy) is 1. The third-order valence-electron chi connectivity index (χ3n) is 4.32. The van der Waals surface area contributed by atoms with Crippen molar-refractivity contribution in [1.29, 1.82) is 0 Å². The maximum Gasteiger partial charge on any atom is 0.138 e. The zero-order chi connectivity index (χ0) is 13.7. The van der Waals surface area contributed by atoms with Crippen molar-refractivity contribution in [3.05, 3.63) is 12.2 Å². The third kappa shape index (κ3) is 3.15. The first-order valence-electron chi connectivity index (χ1n) is 7.39. The molecule has 0 radical (unpaired) electrons. The lowest BCUT2D eigenvalue weighted by molar-refractivity contribution is -0.0588. The molecule has 0 spiro atoms. The van der Waals surface area contributed by atoms with E-state index in [-0.39, 0.29) is 11.6 Å². The molecule has 1 unspecified atom stereocenters. The van der Waals surface area contributed by atoms with Crippen molar-refractivity contribution in [2.75, 3.05) is 7.11 Å². The number of rotatable bonds is 6. The second kappa shape index (κ2) is 6.48. The van der Waals surface area contributed by atoms with Gasteiger partial charge < -0.3 is 10.5 Å². The van der Waals surface area contributed by atoms with E-state index in [9.17, 15) is 0 Å². The van der Waals surface area contributed by atoms with Crippen LogP contribution in [0, 0.1) is 0 Å². The van der Waals surface area contributed by atoms with E-state index in [1.54, 1.807) is 13.4 Å². The molecular formula is C14H26N4O. The summed E-state index contributed by atoms with van der Waals surface area (Å²) in [6.07, 6.45) is 9.27. The summed E-state index contributed by atoms with van der Waals surface area (Å²) in [7, 11) is 1.79. The predicted molar refractivity (Wildman–Crippen MR) is 74.8 cm³/mol. The fraction of sp³-hybridized carbons (Fsp3) is 0.857. The lowest BCUT2D eigenvalue weighted by Crippen LogP contribution is -2.52. The Morgan fingerprint density at radius 2 is 2.16 bits per heavy atom. The number of aryl methyl sites for hydroxylation is 1. The van der Waals surface area contributed by atoms with Gasteiger partial charge in [0, 0.05) is 26.1 Å². The molecule has 0 aromatic carbocycles. The van der Waals surface area contributed by atoms with E-state index in [0.29, 0.717) is 0 Å². The molecule has 19 heavy (non-hydrogen) atoms. The molecule has 2 N–H and O–H groups in total. The zero-order valence-corrected chi connectivity index (χ0v) is 12.1. The van der Waals surface area contributed by atoms with Gasteiger partial charge in [-0.3, -0.25) is 4.68 Å². The van der Waals surface area contributed by atoms with Crippen LogP contribution in [-0.2, 0) is 17.7 Å². The van der Waals surface area contributed by atoms with Crippen LogP contribution >= 0.6 is 0 Å². The molecule has 0 saturated heterocycles. The van der Waals surface area contributed by atoms with Crippen molar-refractivity contribution in [2.24, 2.45) is 5.73 Å². The number of nitrogens with zero attached hydrogens (tertiary/aromatic N) is 3. The fourth-order valence-corrected chi connectivity index (χ4v) is 3.10. The Balaban J connectivity index is 2.06. The van der Waals surface area contributed by atoms with Crippen LogP contribution in [0.25, 0.3) is 0 Å². The Morgan fingerprint density at radius 3 is 2.79 bits per heavy atom. The van der Waals surface area contributed by atoms with E-state index in [1.807, 2.05) is 4.68 Å². The van der Waals surface area contributed by atoms with Crippen LogP contribution in [0.1, 0.15) is 51.3 Å². The lowest BCUT2D eigenvalue weighted by atomic mass is 9.78. The van der Waals surface area contributed by atoms with Crippen molar-refractivity contribution >= 4 is 0 Å². The van der Waals surface area contributed by atoms with Gasteiger partial charge in [-0.25, -0.2) is 4.98 Å². The number of aromatic nitrogens is 3. The van der Waals surface area contributed by atoms with E-state index in [4.69, 9.17) is 10.5 Å². The first kappa shape index (κ1) is 14.5. The monoisotopic (exact) mass is 266 g/mol. The van der Waals surface area contributed by atoms with Crippen LogP contribution in [0.3, 0.4) is 0 Å². The molecular weight excluding hydrogens is 240 g/mol. The second-order valence-corrected chi connectivity index (χ2v) is 5.54. The molecule has 1 saturated carbocycles. The molecule has 5 heteroatoms. The highest BCUT2D eigenvalue weighted by Gasteiger charge is 2.38. The Labute approximate surface area is 115 Å². The van der Waals surface area contributed by atoms with Crippen molar-refractivity contribution in [1.82, 2.24) is 14.8 Å². The van der Waals surface area contributed by atoms with Gasteiger partial charge in [0.2, 0.25) is 0 Å². The van der Waals surface area contributed by atoms with E-state index in [2.05, 4.69) is 17.0 Å². The van der Waals surface area contributed by atoms with Gasteiger partial charge in [-0.2, -0.15) is 5.10 Å². The summed E-state index contributed by atoms with van der Waals surface area (Å²) in [6.45, 7) is 3.05. The molecule has 0 bridgehead atoms. The van der Waals surface area contributed by atoms with Gasteiger partial charge in [-0.1, -0.05) is 26.2 Å². The van der Waals surface area contributed by atoms with Crippen molar-refractivity contribution < 1.29 is 4.74 Å². The van der Waals surface area contributed by atoms with Gasteiger partial charge in [0.25, 0.3) is 0 Å². The maximum atomic E-state index is 6.44. The maximum absolute atomic E-state index is 6.44. The molecule has 1 aliphatic carbocycles. The number of hydrogen-bond donors (Lipinski definition) is 1. The molecule has 108 valence electrons. The van der Waals surface area contributed by atoms with Crippen molar-refractivity contribution in [3.8, 4) is 0 Å². The standard InChI is InChI=1S/C14H26N4O/c1-3-9-18-13(16-11-17-18)10-12(15)14(19-2)7-5-4-6-8-14/h11-12H,3-10,15H2,1-2H3. The van der Waals surface area contributed by atoms with Crippen LogP contribution in [-0.4, -0.2) is 33.5 Å². The van der Waals surface area contributed by atoms with Crippen LogP contribution in [0.2, 0.25) is 0 Å². The summed E-state index contributed by atoms with van der Waals surface area (Å²) in [5.74, 6) is 0.983. The average molecular weight is 266 g/mol. The SMILES string of the molecule is CCCn1ncnc1CC(N)C1(OC)CCCCC1. The van der Waals surface area contributed by atoms with E-state index in [0.717, 1.165) is 38.1 Å². The molecule has 1 fully saturated rings. The number of nitrogens with two attached hydrogens (primary N) is 1. The Kier molecular flexibility index (Phi) is 4.93. The quantitative estimate of drug-likeness (QED) is 0.854. The molecule has 0 amide bonds. The minimum atomic E-state index is -0.165. The molecule has 5 nitrogen and oxygen atoms in total. The predicted octanol–water partition coefficient (Wildman–Crippen LogP) is 1.91. The van der Waals surface area contributed by atoms with E-state index < -0.39 is 0 Å². The summed E-state index contributed by atoms with van der Waals surface area (Å²) < 4.78 is 7.77. The highest BCUT2D eigenvalue weighted by Crippen LogP contribution is 2.34. The van der Waals surface area contributed by atoms with Gasteiger partial charge in [-0.05, 0) is 19.3 Å². The lowest BCUT2D eigenvalue weighted by Gasteiger charge is -2.40. The smallest absolute Gasteiger partial charge is 0.138 e. The molecule has 2 rings (SSSR count). The normalized spacial score (nSPS) is 20.4.